The Kier molecular flexibility index (Phi) is 7.74. The van der Waals surface area contributed by atoms with Crippen molar-refractivity contribution in [2.45, 2.75) is 0 Å². The quantitative estimate of drug-likeness (QED) is 0.179. The van der Waals surface area contributed by atoms with E-state index >= 15 is 0 Å². The van der Waals surface area contributed by atoms with E-state index in [4.69, 9.17) is 14.7 Å². The van der Waals surface area contributed by atoms with Crippen LogP contribution in [-0.4, -0.2) is 19.6 Å². The molecule has 0 saturated heterocycles. The summed E-state index contributed by atoms with van der Waals surface area (Å²) in [5.74, 6) is 0.407. The minimum atomic E-state index is 0.0615. The van der Waals surface area contributed by atoms with Crippen molar-refractivity contribution in [1.82, 2.24) is 14.5 Å². The highest BCUT2D eigenvalue weighted by atomic mass is 32.1. The molecule has 0 atom stereocenters. The van der Waals surface area contributed by atoms with Gasteiger partial charge in [-0.3, -0.25) is 9.55 Å². The minimum absolute atomic E-state index is 0.0615. The molecular formula is C48H31N3O2S. The zero-order valence-corrected chi connectivity index (χ0v) is 29.7. The molecule has 10 aromatic rings. The molecule has 0 unspecified atom stereocenters. The van der Waals surface area contributed by atoms with E-state index in [9.17, 15) is 5.11 Å². The van der Waals surface area contributed by atoms with Crippen LogP contribution < -0.4 is 4.74 Å². The predicted molar refractivity (Wildman–Crippen MR) is 222 cm³/mol. The zero-order chi connectivity index (χ0) is 36.0. The van der Waals surface area contributed by atoms with E-state index in [1.165, 1.54) is 0 Å². The molecule has 1 N–H and O–H groups in total. The normalized spacial score (nSPS) is 11.4. The van der Waals surface area contributed by atoms with Gasteiger partial charge in [-0.2, -0.15) is 4.98 Å². The van der Waals surface area contributed by atoms with Gasteiger partial charge in [0.1, 0.15) is 5.52 Å². The number of ether oxygens (including phenoxy) is 1. The van der Waals surface area contributed by atoms with Crippen molar-refractivity contribution in [1.29, 1.82) is 0 Å². The van der Waals surface area contributed by atoms with Crippen LogP contribution in [0.4, 0.5) is 0 Å². The van der Waals surface area contributed by atoms with Crippen LogP contribution >= 0.6 is 11.3 Å². The fraction of sp³-hybridized carbons (Fsp3) is 0. The fourth-order valence-electron chi connectivity index (χ4n) is 7.25. The first kappa shape index (κ1) is 31.7. The number of hydrogen-bond donors (Lipinski definition) is 1. The molecule has 10 rings (SSSR count). The summed E-state index contributed by atoms with van der Waals surface area (Å²) in [6.45, 7) is 0. The summed E-state index contributed by atoms with van der Waals surface area (Å²) in [5.41, 5.74) is 10.8. The first-order chi connectivity index (χ1) is 26.7. The monoisotopic (exact) mass is 713 g/mol. The SMILES string of the molecule is Oc1cc2sc3ccccc3c2cc1Oc1nc2c(-c3cc(-c4ccccc4)cc(-c4cc(-c5ccccc5)ccn4)c3)cccc2n1-c1ccccc1. The third-order valence-corrected chi connectivity index (χ3v) is 11.0. The number of phenolic OH excluding ortho intramolecular Hbond substituents is 1. The number of rotatable bonds is 7. The lowest BCUT2D eigenvalue weighted by Crippen LogP contribution is -1.98. The molecule has 0 fully saturated rings. The van der Waals surface area contributed by atoms with Crippen molar-refractivity contribution in [2.24, 2.45) is 0 Å². The summed E-state index contributed by atoms with van der Waals surface area (Å²) < 4.78 is 10.8. The maximum atomic E-state index is 11.3. The summed E-state index contributed by atoms with van der Waals surface area (Å²) in [4.78, 5) is 10.1. The van der Waals surface area contributed by atoms with Crippen molar-refractivity contribution < 1.29 is 9.84 Å². The van der Waals surface area contributed by atoms with Crippen molar-refractivity contribution in [3.8, 4) is 67.8 Å². The summed E-state index contributed by atoms with van der Waals surface area (Å²) in [6, 6.07) is 60.3. The number of para-hydroxylation sites is 2. The number of aromatic hydroxyl groups is 1. The topological polar surface area (TPSA) is 60.2 Å². The van der Waals surface area contributed by atoms with Crippen LogP contribution in [0.25, 0.3) is 81.5 Å². The highest BCUT2D eigenvalue weighted by molar-refractivity contribution is 7.25. The van der Waals surface area contributed by atoms with Crippen LogP contribution in [0.15, 0.2) is 182 Å². The van der Waals surface area contributed by atoms with Crippen molar-refractivity contribution in [2.75, 3.05) is 0 Å². The van der Waals surface area contributed by atoms with Crippen molar-refractivity contribution in [3.05, 3.63) is 182 Å². The second-order valence-corrected chi connectivity index (χ2v) is 14.3. The van der Waals surface area contributed by atoms with Gasteiger partial charge >= 0.3 is 6.01 Å². The predicted octanol–water partition coefficient (Wildman–Crippen LogP) is 13.0. The first-order valence-electron chi connectivity index (χ1n) is 17.8. The number of aromatic nitrogens is 3. The average molecular weight is 714 g/mol. The van der Waals surface area contributed by atoms with Gasteiger partial charge in [0.05, 0.1) is 16.9 Å². The van der Waals surface area contributed by atoms with E-state index < -0.39 is 0 Å². The van der Waals surface area contributed by atoms with Gasteiger partial charge in [-0.1, -0.05) is 109 Å². The summed E-state index contributed by atoms with van der Waals surface area (Å²) >= 11 is 1.65. The van der Waals surface area contributed by atoms with Gasteiger partial charge in [0.25, 0.3) is 0 Å². The molecule has 0 aliphatic carbocycles. The van der Waals surface area contributed by atoms with Crippen LogP contribution in [0.2, 0.25) is 0 Å². The van der Waals surface area contributed by atoms with Crippen LogP contribution in [0, 0.1) is 0 Å². The molecule has 256 valence electrons. The first-order valence-corrected chi connectivity index (χ1v) is 18.6. The molecule has 54 heavy (non-hydrogen) atoms. The Hall–Kier alpha value is -7.02. The maximum Gasteiger partial charge on any atom is 0.307 e. The Labute approximate surface area is 315 Å². The molecule has 0 amide bonds. The highest BCUT2D eigenvalue weighted by Gasteiger charge is 2.21. The molecule has 5 nitrogen and oxygen atoms in total. The number of fused-ring (bicyclic) bond motifs is 4. The Bertz CT molecular complexity index is 2970. The van der Waals surface area contributed by atoms with E-state index in [0.29, 0.717) is 11.8 Å². The van der Waals surface area contributed by atoms with E-state index in [1.807, 2.05) is 71.4 Å². The minimum Gasteiger partial charge on any atom is -0.504 e. The molecule has 0 bridgehead atoms. The van der Waals surface area contributed by atoms with Gasteiger partial charge in [-0.15, -0.1) is 11.3 Å². The highest BCUT2D eigenvalue weighted by Crippen LogP contribution is 2.43. The lowest BCUT2D eigenvalue weighted by molar-refractivity contribution is 0.390. The molecule has 0 saturated carbocycles. The third-order valence-electron chi connectivity index (χ3n) is 9.84. The number of thiophene rings is 1. The molecule has 0 aliphatic rings. The summed E-state index contributed by atoms with van der Waals surface area (Å²) in [5, 5.41) is 13.4. The Morgan fingerprint density at radius 1 is 0.519 bits per heavy atom. The van der Waals surface area contributed by atoms with Crippen LogP contribution in [0.5, 0.6) is 17.5 Å². The average Bonchev–Trinajstić information content (AvgIpc) is 3.79. The van der Waals surface area contributed by atoms with Gasteiger partial charge < -0.3 is 9.84 Å². The van der Waals surface area contributed by atoms with Crippen LogP contribution in [0.3, 0.4) is 0 Å². The number of benzene rings is 7. The number of pyridine rings is 1. The number of hydrogen-bond acceptors (Lipinski definition) is 5. The lowest BCUT2D eigenvalue weighted by Gasteiger charge is -2.13. The second kappa shape index (κ2) is 13.2. The van der Waals surface area contributed by atoms with Crippen molar-refractivity contribution >= 4 is 42.5 Å². The van der Waals surface area contributed by atoms with Crippen LogP contribution in [-0.2, 0) is 0 Å². The molecule has 7 aromatic carbocycles. The van der Waals surface area contributed by atoms with Gasteiger partial charge in [-0.05, 0) is 88.5 Å². The van der Waals surface area contributed by atoms with Crippen LogP contribution in [0.1, 0.15) is 0 Å². The molecular weight excluding hydrogens is 683 g/mol. The molecule has 0 radical (unpaired) electrons. The van der Waals surface area contributed by atoms with E-state index in [-0.39, 0.29) is 5.75 Å². The lowest BCUT2D eigenvalue weighted by atomic mass is 9.93. The third kappa shape index (κ3) is 5.66. The van der Waals surface area contributed by atoms with Gasteiger partial charge in [0.2, 0.25) is 0 Å². The number of nitrogens with zero attached hydrogens (tertiary/aromatic N) is 3. The Morgan fingerprint density at radius 2 is 1.20 bits per heavy atom. The Balaban J connectivity index is 1.16. The zero-order valence-electron chi connectivity index (χ0n) is 28.9. The van der Waals surface area contributed by atoms with E-state index in [0.717, 1.165) is 81.5 Å². The second-order valence-electron chi connectivity index (χ2n) is 13.2. The maximum absolute atomic E-state index is 11.3. The summed E-state index contributed by atoms with van der Waals surface area (Å²) in [7, 11) is 0. The van der Waals surface area contributed by atoms with Gasteiger partial charge in [0.15, 0.2) is 11.5 Å². The Morgan fingerprint density at radius 3 is 2.00 bits per heavy atom. The number of imidazole rings is 1. The molecule has 3 aromatic heterocycles. The molecule has 6 heteroatoms. The standard InChI is InChI=1S/C48H31N3O2S/c52-43-30-46-40(39-19-10-11-22-45(39)54-46)29-44(43)53-48-50-47-38(20-12-21-42(47)51(48)37-17-8-3-9-18-37)35-25-34(32-15-6-2-7-16-32)26-36(27-35)41-28-33(23-24-49-41)31-13-4-1-5-14-31/h1-30,52H. The molecule has 3 heterocycles. The molecule has 0 aliphatic heterocycles. The molecule has 0 spiro atoms. The number of phenols is 1. The van der Waals surface area contributed by atoms with Gasteiger partial charge in [-0.25, -0.2) is 0 Å². The fourth-order valence-corrected chi connectivity index (χ4v) is 8.37. The van der Waals surface area contributed by atoms with Crippen molar-refractivity contribution in [3.63, 3.8) is 0 Å². The largest absolute Gasteiger partial charge is 0.504 e. The smallest absolute Gasteiger partial charge is 0.307 e. The van der Waals surface area contributed by atoms with E-state index in [2.05, 4.69) is 109 Å². The van der Waals surface area contributed by atoms with E-state index in [1.54, 1.807) is 17.4 Å². The summed E-state index contributed by atoms with van der Waals surface area (Å²) in [6.07, 6.45) is 1.88. The van der Waals surface area contributed by atoms with Gasteiger partial charge in [0, 0.05) is 43.6 Å².